The molecule has 8 heteroatoms. The number of ether oxygens (including phenoxy) is 1. The number of carbonyl (C=O) groups is 1. The zero-order chi connectivity index (χ0) is 20.4. The van der Waals surface area contributed by atoms with Crippen molar-refractivity contribution >= 4 is 27.5 Å². The second-order valence-corrected chi connectivity index (χ2v) is 8.18. The highest BCUT2D eigenvalue weighted by Crippen LogP contribution is 2.30. The van der Waals surface area contributed by atoms with E-state index in [9.17, 15) is 14.0 Å². The van der Waals surface area contributed by atoms with Crippen molar-refractivity contribution in [2.24, 2.45) is 5.92 Å². The van der Waals surface area contributed by atoms with Crippen molar-refractivity contribution in [3.63, 3.8) is 0 Å². The molecule has 0 spiro atoms. The van der Waals surface area contributed by atoms with Crippen LogP contribution in [0.4, 0.5) is 4.39 Å². The number of benzene rings is 1. The predicted molar refractivity (Wildman–Crippen MR) is 109 cm³/mol. The number of esters is 1. The van der Waals surface area contributed by atoms with E-state index in [1.807, 2.05) is 12.3 Å². The zero-order valence-electron chi connectivity index (χ0n) is 16.2. The standard InChI is InChI=1S/C21H22FN3O3S/c1-2-28-21(27)14-4-3-9-25(10-14)11-17-23-19(26)18-16(12-29-20(18)24-17)13-5-7-15(22)8-6-13/h5-8,12,14H,2-4,9-11H2,1H3,(H,23,24,26)/p+1/t14-/m0/s1. The van der Waals surface area contributed by atoms with E-state index in [-0.39, 0.29) is 23.3 Å². The van der Waals surface area contributed by atoms with Gasteiger partial charge in [-0.15, -0.1) is 11.3 Å². The topological polar surface area (TPSA) is 76.5 Å². The average Bonchev–Trinajstić information content (AvgIpc) is 3.13. The number of H-pyrrole nitrogens is 1. The first kappa shape index (κ1) is 19.7. The molecular weight excluding hydrogens is 393 g/mol. The van der Waals surface area contributed by atoms with Gasteiger partial charge in [-0.3, -0.25) is 9.59 Å². The molecule has 1 aromatic carbocycles. The van der Waals surface area contributed by atoms with E-state index in [1.54, 1.807) is 12.1 Å². The molecule has 4 rings (SSSR count). The second kappa shape index (κ2) is 8.42. The molecule has 29 heavy (non-hydrogen) atoms. The first-order valence-electron chi connectivity index (χ1n) is 9.81. The summed E-state index contributed by atoms with van der Waals surface area (Å²) in [6, 6.07) is 6.10. The van der Waals surface area contributed by atoms with E-state index in [1.165, 1.54) is 28.4 Å². The number of aromatic nitrogens is 2. The van der Waals surface area contributed by atoms with Crippen molar-refractivity contribution in [3.05, 3.63) is 51.6 Å². The smallest absolute Gasteiger partial charge is 0.314 e. The Morgan fingerprint density at radius 3 is 2.93 bits per heavy atom. The molecule has 3 heterocycles. The van der Waals surface area contributed by atoms with Gasteiger partial charge in [-0.2, -0.15) is 0 Å². The summed E-state index contributed by atoms with van der Waals surface area (Å²) >= 11 is 1.41. The SMILES string of the molecule is CCOC(=O)[C@H]1CCC[NH+](Cc2nc3scc(-c4ccc(F)cc4)c3c(=O)[nH]2)C1. The van der Waals surface area contributed by atoms with Crippen LogP contribution in [-0.2, 0) is 16.1 Å². The largest absolute Gasteiger partial charge is 0.466 e. The minimum Gasteiger partial charge on any atom is -0.466 e. The number of carbonyl (C=O) groups excluding carboxylic acids is 1. The number of quaternary nitrogens is 1. The highest BCUT2D eigenvalue weighted by atomic mass is 32.1. The van der Waals surface area contributed by atoms with Gasteiger partial charge in [-0.05, 0) is 37.5 Å². The van der Waals surface area contributed by atoms with Gasteiger partial charge in [0.2, 0.25) is 0 Å². The molecular formula is C21H23FN3O3S+. The van der Waals surface area contributed by atoms with Crippen LogP contribution in [0.15, 0.2) is 34.4 Å². The normalized spacial score (nSPS) is 19.4. The van der Waals surface area contributed by atoms with Crippen LogP contribution in [0, 0.1) is 11.7 Å². The van der Waals surface area contributed by atoms with Crippen LogP contribution in [0.25, 0.3) is 21.3 Å². The third-order valence-electron chi connectivity index (χ3n) is 5.30. The summed E-state index contributed by atoms with van der Waals surface area (Å²) in [5.74, 6) is 0.0764. The van der Waals surface area contributed by atoms with Crippen molar-refractivity contribution in [2.75, 3.05) is 19.7 Å². The van der Waals surface area contributed by atoms with Crippen LogP contribution in [-0.4, -0.2) is 35.6 Å². The predicted octanol–water partition coefficient (Wildman–Crippen LogP) is 2.15. The fourth-order valence-electron chi connectivity index (χ4n) is 3.93. The van der Waals surface area contributed by atoms with Gasteiger partial charge < -0.3 is 14.6 Å². The number of nitrogens with zero attached hydrogens (tertiary/aromatic N) is 1. The van der Waals surface area contributed by atoms with E-state index in [0.29, 0.717) is 35.7 Å². The van der Waals surface area contributed by atoms with Gasteiger partial charge in [0.1, 0.15) is 23.1 Å². The summed E-state index contributed by atoms with van der Waals surface area (Å²) in [6.07, 6.45) is 1.79. The van der Waals surface area contributed by atoms with Crippen LogP contribution < -0.4 is 10.5 Å². The van der Waals surface area contributed by atoms with Gasteiger partial charge in [-0.1, -0.05) is 12.1 Å². The molecule has 1 aliphatic heterocycles. The molecule has 2 atom stereocenters. The fourth-order valence-corrected chi connectivity index (χ4v) is 4.90. The lowest BCUT2D eigenvalue weighted by Gasteiger charge is -2.28. The minimum absolute atomic E-state index is 0.0963. The molecule has 3 aromatic rings. The van der Waals surface area contributed by atoms with Crippen molar-refractivity contribution in [1.82, 2.24) is 9.97 Å². The Bertz CT molecular complexity index is 1080. The van der Waals surface area contributed by atoms with Crippen molar-refractivity contribution in [2.45, 2.75) is 26.3 Å². The Kier molecular flexibility index (Phi) is 5.73. The molecule has 2 aromatic heterocycles. The number of halogens is 1. The molecule has 0 saturated carbocycles. The monoisotopic (exact) mass is 416 g/mol. The number of likely N-dealkylation sites (tertiary alicyclic amines) is 1. The van der Waals surface area contributed by atoms with Gasteiger partial charge in [0.05, 0.1) is 25.1 Å². The number of thiophene rings is 1. The van der Waals surface area contributed by atoms with Crippen LogP contribution in [0.5, 0.6) is 0 Å². The number of hydrogen-bond acceptors (Lipinski definition) is 5. The zero-order valence-corrected chi connectivity index (χ0v) is 17.0. The second-order valence-electron chi connectivity index (χ2n) is 7.32. The average molecular weight is 416 g/mol. The van der Waals surface area contributed by atoms with Crippen LogP contribution in [0.3, 0.4) is 0 Å². The molecule has 6 nitrogen and oxygen atoms in total. The molecule has 152 valence electrons. The van der Waals surface area contributed by atoms with Gasteiger partial charge in [0.15, 0.2) is 5.82 Å². The van der Waals surface area contributed by atoms with E-state index in [0.717, 1.165) is 30.5 Å². The summed E-state index contributed by atoms with van der Waals surface area (Å²) in [5.41, 5.74) is 1.36. The highest BCUT2D eigenvalue weighted by Gasteiger charge is 2.30. The van der Waals surface area contributed by atoms with Crippen LogP contribution in [0.2, 0.25) is 0 Å². The lowest BCUT2D eigenvalue weighted by molar-refractivity contribution is -0.921. The maximum absolute atomic E-state index is 13.2. The van der Waals surface area contributed by atoms with Crippen molar-refractivity contribution in [1.29, 1.82) is 0 Å². The summed E-state index contributed by atoms with van der Waals surface area (Å²) in [6.45, 7) is 4.39. The Hall–Kier alpha value is -2.58. The molecule has 0 radical (unpaired) electrons. The Labute approximate surface area is 171 Å². The molecule has 0 aliphatic carbocycles. The van der Waals surface area contributed by atoms with Gasteiger partial charge in [-0.25, -0.2) is 9.37 Å². The Morgan fingerprint density at radius 1 is 1.38 bits per heavy atom. The van der Waals surface area contributed by atoms with Crippen molar-refractivity contribution in [3.8, 4) is 11.1 Å². The summed E-state index contributed by atoms with van der Waals surface area (Å²) in [7, 11) is 0. The van der Waals surface area contributed by atoms with E-state index < -0.39 is 0 Å². The molecule has 0 bridgehead atoms. The lowest BCUT2D eigenvalue weighted by Crippen LogP contribution is -3.12. The number of hydrogen-bond donors (Lipinski definition) is 2. The Morgan fingerprint density at radius 2 is 2.17 bits per heavy atom. The first-order chi connectivity index (χ1) is 14.0. The van der Waals surface area contributed by atoms with E-state index in [4.69, 9.17) is 4.74 Å². The van der Waals surface area contributed by atoms with E-state index in [2.05, 4.69) is 9.97 Å². The number of fused-ring (bicyclic) bond motifs is 1. The fraction of sp³-hybridized carbons (Fsp3) is 0.381. The van der Waals surface area contributed by atoms with Gasteiger partial charge in [0.25, 0.3) is 5.56 Å². The Balaban J connectivity index is 1.56. The third kappa shape index (κ3) is 4.23. The van der Waals surface area contributed by atoms with Crippen LogP contribution >= 0.6 is 11.3 Å². The first-order valence-corrected chi connectivity index (χ1v) is 10.7. The number of aromatic amines is 1. The van der Waals surface area contributed by atoms with Gasteiger partial charge in [0, 0.05) is 10.9 Å². The number of piperidine rings is 1. The van der Waals surface area contributed by atoms with Gasteiger partial charge >= 0.3 is 5.97 Å². The molecule has 1 saturated heterocycles. The lowest BCUT2D eigenvalue weighted by atomic mass is 9.98. The quantitative estimate of drug-likeness (QED) is 0.625. The number of rotatable bonds is 5. The molecule has 1 fully saturated rings. The summed E-state index contributed by atoms with van der Waals surface area (Å²) in [4.78, 5) is 34.3. The molecule has 1 unspecified atom stereocenters. The minimum atomic E-state index is -0.312. The highest BCUT2D eigenvalue weighted by molar-refractivity contribution is 7.17. The molecule has 2 N–H and O–H groups in total. The number of nitrogens with one attached hydrogen (secondary N) is 2. The molecule has 1 aliphatic rings. The summed E-state index contributed by atoms with van der Waals surface area (Å²) < 4.78 is 18.4. The maximum atomic E-state index is 13.2. The third-order valence-corrected chi connectivity index (χ3v) is 6.18. The molecule has 0 amide bonds. The van der Waals surface area contributed by atoms with E-state index >= 15 is 0 Å². The summed E-state index contributed by atoms with van der Waals surface area (Å²) in [5, 5.41) is 2.41. The van der Waals surface area contributed by atoms with Crippen molar-refractivity contribution < 1.29 is 18.8 Å². The van der Waals surface area contributed by atoms with Crippen LogP contribution in [0.1, 0.15) is 25.6 Å². The maximum Gasteiger partial charge on any atom is 0.314 e.